The van der Waals surface area contributed by atoms with Gasteiger partial charge in [-0.2, -0.15) is 0 Å². The number of hydrogen-bond donors (Lipinski definition) is 1. The Morgan fingerprint density at radius 2 is 1.88 bits per heavy atom. The largest absolute Gasteiger partial charge is 0.310 e. The second kappa shape index (κ2) is 8.56. The molecular weight excluding hydrogens is 322 g/mol. The van der Waals surface area contributed by atoms with Gasteiger partial charge in [0.25, 0.3) is 0 Å². The molecule has 0 aliphatic carbocycles. The van der Waals surface area contributed by atoms with E-state index in [1.54, 1.807) is 6.20 Å². The van der Waals surface area contributed by atoms with Gasteiger partial charge in [0.1, 0.15) is 5.82 Å². The van der Waals surface area contributed by atoms with Gasteiger partial charge in [-0.3, -0.25) is 9.78 Å². The molecule has 3 aromatic rings. The summed E-state index contributed by atoms with van der Waals surface area (Å²) >= 11 is 0. The summed E-state index contributed by atoms with van der Waals surface area (Å²) in [4.78, 5) is 21.9. The predicted molar refractivity (Wildman–Crippen MR) is 107 cm³/mol. The lowest BCUT2D eigenvalue weighted by Crippen LogP contribution is -2.23. The van der Waals surface area contributed by atoms with E-state index in [1.165, 1.54) is 0 Å². The first kappa shape index (κ1) is 18.1. The van der Waals surface area contributed by atoms with Crippen molar-refractivity contribution in [2.75, 3.05) is 5.32 Å². The number of unbranched alkanes of at least 4 members (excludes halogenated alkanes) is 1. The van der Waals surface area contributed by atoms with E-state index in [4.69, 9.17) is 4.98 Å². The van der Waals surface area contributed by atoms with Crippen LogP contribution in [0.25, 0.3) is 22.2 Å². The lowest BCUT2D eigenvalue weighted by atomic mass is 9.98. The fourth-order valence-corrected chi connectivity index (χ4v) is 3.13. The van der Waals surface area contributed by atoms with Gasteiger partial charge in [0.2, 0.25) is 5.91 Å². The quantitative estimate of drug-likeness (QED) is 0.618. The highest BCUT2D eigenvalue weighted by Gasteiger charge is 2.18. The zero-order chi connectivity index (χ0) is 18.4. The average Bonchev–Trinajstić information content (AvgIpc) is 2.69. The lowest BCUT2D eigenvalue weighted by Gasteiger charge is -2.16. The molecule has 1 atom stereocenters. The number of nitrogens with one attached hydrogen (secondary N) is 1. The Bertz CT molecular complexity index is 877. The van der Waals surface area contributed by atoms with Crippen LogP contribution in [0.4, 0.5) is 5.82 Å². The van der Waals surface area contributed by atoms with Crippen molar-refractivity contribution >= 4 is 22.5 Å². The summed E-state index contributed by atoms with van der Waals surface area (Å²) in [5.41, 5.74) is 1.56. The molecule has 4 heteroatoms. The van der Waals surface area contributed by atoms with E-state index in [0.717, 1.165) is 47.8 Å². The highest BCUT2D eigenvalue weighted by molar-refractivity contribution is 6.02. The first-order valence-corrected chi connectivity index (χ1v) is 9.35. The van der Waals surface area contributed by atoms with Gasteiger partial charge in [0.15, 0.2) is 0 Å². The number of nitrogens with zero attached hydrogens (tertiary/aromatic N) is 2. The van der Waals surface area contributed by atoms with Crippen molar-refractivity contribution in [1.29, 1.82) is 0 Å². The number of hydrogen-bond acceptors (Lipinski definition) is 3. The summed E-state index contributed by atoms with van der Waals surface area (Å²) in [5, 5.41) is 5.07. The van der Waals surface area contributed by atoms with E-state index in [-0.39, 0.29) is 11.8 Å². The van der Waals surface area contributed by atoms with Crippen LogP contribution >= 0.6 is 0 Å². The minimum Gasteiger partial charge on any atom is -0.310 e. The maximum Gasteiger partial charge on any atom is 0.228 e. The van der Waals surface area contributed by atoms with Gasteiger partial charge >= 0.3 is 0 Å². The second-order valence-corrected chi connectivity index (χ2v) is 6.53. The SMILES string of the molecule is CCCC[C@H](CC)C(=O)Nc1nc(-c2ccccn2)cc2ccccc12. The van der Waals surface area contributed by atoms with Gasteiger partial charge in [-0.1, -0.05) is 57.0 Å². The Kier molecular flexibility index (Phi) is 5.95. The number of rotatable bonds is 7. The molecule has 1 N–H and O–H groups in total. The van der Waals surface area contributed by atoms with Crippen LogP contribution in [0.2, 0.25) is 0 Å². The first-order chi connectivity index (χ1) is 12.7. The number of carbonyl (C=O) groups excluding carboxylic acids is 1. The summed E-state index contributed by atoms with van der Waals surface area (Å²) in [5.74, 6) is 0.689. The van der Waals surface area contributed by atoms with E-state index in [0.29, 0.717) is 5.82 Å². The Balaban J connectivity index is 1.97. The second-order valence-electron chi connectivity index (χ2n) is 6.53. The molecule has 0 aliphatic heterocycles. The summed E-state index contributed by atoms with van der Waals surface area (Å²) in [7, 11) is 0. The van der Waals surface area contributed by atoms with Gasteiger partial charge in [-0.05, 0) is 36.4 Å². The standard InChI is InChI=1S/C22H25N3O/c1-3-5-10-16(4-2)22(26)25-21-18-12-7-6-11-17(18)15-20(24-21)19-13-8-9-14-23-19/h6-9,11-16H,3-5,10H2,1-2H3,(H,24,25,26)/t16-/m0/s1. The normalized spacial score (nSPS) is 12.1. The van der Waals surface area contributed by atoms with Gasteiger partial charge in [-0.15, -0.1) is 0 Å². The van der Waals surface area contributed by atoms with E-state index in [2.05, 4.69) is 24.1 Å². The molecule has 0 saturated carbocycles. The first-order valence-electron chi connectivity index (χ1n) is 9.35. The van der Waals surface area contributed by atoms with Crippen LogP contribution in [0.5, 0.6) is 0 Å². The number of amides is 1. The molecule has 3 rings (SSSR count). The number of anilines is 1. The third-order valence-corrected chi connectivity index (χ3v) is 4.68. The molecule has 0 bridgehead atoms. The molecule has 0 aliphatic rings. The van der Waals surface area contributed by atoms with Crippen molar-refractivity contribution in [3.05, 3.63) is 54.7 Å². The predicted octanol–water partition coefficient (Wildman–Crippen LogP) is 5.45. The molecule has 4 nitrogen and oxygen atoms in total. The van der Waals surface area contributed by atoms with E-state index in [1.807, 2.05) is 48.5 Å². The fourth-order valence-electron chi connectivity index (χ4n) is 3.13. The van der Waals surface area contributed by atoms with Gasteiger partial charge in [0.05, 0.1) is 11.4 Å². The third-order valence-electron chi connectivity index (χ3n) is 4.68. The summed E-state index contributed by atoms with van der Waals surface area (Å²) in [6.45, 7) is 4.21. The molecule has 2 aromatic heterocycles. The Morgan fingerprint density at radius 1 is 1.08 bits per heavy atom. The summed E-state index contributed by atoms with van der Waals surface area (Å²) in [6, 6.07) is 15.8. The van der Waals surface area contributed by atoms with E-state index in [9.17, 15) is 4.79 Å². The van der Waals surface area contributed by atoms with Crippen LogP contribution in [0, 0.1) is 5.92 Å². The van der Waals surface area contributed by atoms with Gasteiger partial charge in [-0.25, -0.2) is 4.98 Å². The van der Waals surface area contributed by atoms with E-state index < -0.39 is 0 Å². The molecule has 0 saturated heterocycles. The Morgan fingerprint density at radius 3 is 2.62 bits per heavy atom. The molecule has 2 heterocycles. The van der Waals surface area contributed by atoms with Crippen molar-refractivity contribution < 1.29 is 4.79 Å². The van der Waals surface area contributed by atoms with Gasteiger partial charge in [0, 0.05) is 17.5 Å². The molecule has 134 valence electrons. The van der Waals surface area contributed by atoms with Crippen LogP contribution in [0.15, 0.2) is 54.7 Å². The highest BCUT2D eigenvalue weighted by atomic mass is 16.1. The number of carbonyl (C=O) groups is 1. The number of pyridine rings is 2. The van der Waals surface area contributed by atoms with Crippen molar-refractivity contribution in [3.63, 3.8) is 0 Å². The number of benzene rings is 1. The Labute approximate surface area is 154 Å². The Hall–Kier alpha value is -2.75. The summed E-state index contributed by atoms with van der Waals surface area (Å²) in [6.07, 6.45) is 5.66. The van der Waals surface area contributed by atoms with Crippen LogP contribution < -0.4 is 5.32 Å². The molecule has 0 fully saturated rings. The third kappa shape index (κ3) is 4.07. The molecule has 0 unspecified atom stereocenters. The van der Waals surface area contributed by atoms with Crippen LogP contribution in [-0.2, 0) is 4.79 Å². The molecule has 0 radical (unpaired) electrons. The summed E-state index contributed by atoms with van der Waals surface area (Å²) < 4.78 is 0. The molecule has 0 spiro atoms. The van der Waals surface area contributed by atoms with E-state index >= 15 is 0 Å². The minimum absolute atomic E-state index is 0.0222. The maximum atomic E-state index is 12.8. The minimum atomic E-state index is 0.0222. The molecule has 1 aromatic carbocycles. The van der Waals surface area contributed by atoms with Crippen molar-refractivity contribution in [2.24, 2.45) is 5.92 Å². The van der Waals surface area contributed by atoms with Crippen molar-refractivity contribution in [1.82, 2.24) is 9.97 Å². The van der Waals surface area contributed by atoms with Crippen LogP contribution in [-0.4, -0.2) is 15.9 Å². The topological polar surface area (TPSA) is 54.9 Å². The zero-order valence-corrected chi connectivity index (χ0v) is 15.4. The molecule has 26 heavy (non-hydrogen) atoms. The van der Waals surface area contributed by atoms with Crippen molar-refractivity contribution in [3.8, 4) is 11.4 Å². The smallest absolute Gasteiger partial charge is 0.228 e. The highest BCUT2D eigenvalue weighted by Crippen LogP contribution is 2.27. The fraction of sp³-hybridized carbons (Fsp3) is 0.318. The van der Waals surface area contributed by atoms with Crippen LogP contribution in [0.1, 0.15) is 39.5 Å². The molecule has 1 amide bonds. The average molecular weight is 347 g/mol. The molecular formula is C22H25N3O. The lowest BCUT2D eigenvalue weighted by molar-refractivity contribution is -0.120. The number of fused-ring (bicyclic) bond motifs is 1. The monoisotopic (exact) mass is 347 g/mol. The van der Waals surface area contributed by atoms with Crippen LogP contribution in [0.3, 0.4) is 0 Å². The van der Waals surface area contributed by atoms with Gasteiger partial charge < -0.3 is 5.32 Å². The zero-order valence-electron chi connectivity index (χ0n) is 15.4. The van der Waals surface area contributed by atoms with Crippen molar-refractivity contribution in [2.45, 2.75) is 39.5 Å². The number of aromatic nitrogens is 2. The maximum absolute atomic E-state index is 12.8.